The lowest BCUT2D eigenvalue weighted by Crippen LogP contribution is -2.51. The Morgan fingerprint density at radius 3 is 2.27 bits per heavy atom. The monoisotopic (exact) mass is 215 g/mol. The number of primary amides is 1. The summed E-state index contributed by atoms with van der Waals surface area (Å²) in [6.07, 6.45) is 0.626. The zero-order valence-electron chi connectivity index (χ0n) is 8.03. The van der Waals surface area contributed by atoms with Gasteiger partial charge in [0.1, 0.15) is 6.04 Å². The van der Waals surface area contributed by atoms with Crippen LogP contribution in [0.25, 0.3) is 0 Å². The van der Waals surface area contributed by atoms with E-state index in [1.54, 1.807) is 0 Å². The van der Waals surface area contributed by atoms with E-state index < -0.39 is 35.8 Å². The fourth-order valence-corrected chi connectivity index (χ4v) is 1.06. The van der Waals surface area contributed by atoms with Gasteiger partial charge in [-0.1, -0.05) is 0 Å². The summed E-state index contributed by atoms with van der Waals surface area (Å²) in [5.74, 6) is -2.63. The number of carboxylic acid groups (broad SMARTS) is 1. The van der Waals surface area contributed by atoms with E-state index in [1.165, 1.54) is 0 Å². The van der Waals surface area contributed by atoms with Crippen LogP contribution >= 0.6 is 0 Å². The molecule has 7 nitrogen and oxygen atoms in total. The summed E-state index contributed by atoms with van der Waals surface area (Å²) < 4.78 is 0. The standard InChI is InChI=1S/C8H13N3O4/c9-5(12)3-4(6(13)14)11-7(15)8(10)1-2-8/h4H,1-3,10H2,(H2,9,12)(H,11,15)(H,13,14). The Kier molecular flexibility index (Phi) is 2.94. The predicted molar refractivity (Wildman–Crippen MR) is 49.5 cm³/mol. The summed E-state index contributed by atoms with van der Waals surface area (Å²) in [4.78, 5) is 32.6. The molecule has 1 fully saturated rings. The summed E-state index contributed by atoms with van der Waals surface area (Å²) in [6.45, 7) is 0. The van der Waals surface area contributed by atoms with Crippen molar-refractivity contribution in [3.63, 3.8) is 0 Å². The van der Waals surface area contributed by atoms with Crippen LogP contribution in [0.5, 0.6) is 0 Å². The molecule has 1 saturated carbocycles. The van der Waals surface area contributed by atoms with Gasteiger partial charge in [-0.05, 0) is 12.8 Å². The van der Waals surface area contributed by atoms with Gasteiger partial charge in [0, 0.05) is 0 Å². The second kappa shape index (κ2) is 3.85. The van der Waals surface area contributed by atoms with E-state index in [-0.39, 0.29) is 0 Å². The van der Waals surface area contributed by atoms with Gasteiger partial charge < -0.3 is 21.9 Å². The predicted octanol–water partition coefficient (Wildman–Crippen LogP) is -2.08. The number of nitrogens with one attached hydrogen (secondary N) is 1. The molecule has 1 unspecified atom stereocenters. The molecular weight excluding hydrogens is 202 g/mol. The van der Waals surface area contributed by atoms with Crippen molar-refractivity contribution in [2.75, 3.05) is 0 Å². The molecule has 0 aromatic rings. The molecule has 1 atom stereocenters. The molecule has 1 rings (SSSR count). The van der Waals surface area contributed by atoms with Gasteiger partial charge in [-0.3, -0.25) is 9.59 Å². The highest BCUT2D eigenvalue weighted by molar-refractivity contribution is 5.93. The van der Waals surface area contributed by atoms with Gasteiger partial charge in [0.05, 0.1) is 12.0 Å². The summed E-state index contributed by atoms with van der Waals surface area (Å²) in [6, 6.07) is -1.30. The van der Waals surface area contributed by atoms with Gasteiger partial charge in [0.25, 0.3) is 0 Å². The Balaban J connectivity index is 2.54. The molecule has 0 heterocycles. The largest absolute Gasteiger partial charge is 0.480 e. The van der Waals surface area contributed by atoms with Gasteiger partial charge in [-0.25, -0.2) is 4.79 Å². The highest BCUT2D eigenvalue weighted by Gasteiger charge is 2.47. The van der Waals surface area contributed by atoms with Crippen LogP contribution in [0.15, 0.2) is 0 Å². The molecule has 0 saturated heterocycles. The minimum atomic E-state index is -1.30. The maximum Gasteiger partial charge on any atom is 0.326 e. The van der Waals surface area contributed by atoms with E-state index in [0.717, 1.165) is 0 Å². The molecule has 1 aliphatic rings. The number of carbonyl (C=O) groups excluding carboxylic acids is 2. The van der Waals surface area contributed by atoms with Gasteiger partial charge in [0.15, 0.2) is 0 Å². The first-order valence-corrected chi connectivity index (χ1v) is 4.46. The average Bonchev–Trinajstić information content (AvgIpc) is 2.82. The smallest absolute Gasteiger partial charge is 0.326 e. The van der Waals surface area contributed by atoms with E-state index in [1.807, 2.05) is 0 Å². The van der Waals surface area contributed by atoms with E-state index in [4.69, 9.17) is 16.6 Å². The molecule has 1 aliphatic carbocycles. The summed E-state index contributed by atoms with van der Waals surface area (Å²) in [5, 5.41) is 10.9. The average molecular weight is 215 g/mol. The van der Waals surface area contributed by atoms with Crippen LogP contribution in [-0.2, 0) is 14.4 Å². The first-order chi connectivity index (χ1) is 6.85. The van der Waals surface area contributed by atoms with Crippen molar-refractivity contribution in [2.45, 2.75) is 30.8 Å². The van der Waals surface area contributed by atoms with Crippen molar-refractivity contribution < 1.29 is 19.5 Å². The second-order valence-corrected chi connectivity index (χ2v) is 3.69. The number of aliphatic carboxylic acids is 1. The lowest BCUT2D eigenvalue weighted by atomic mass is 10.1. The number of amides is 2. The normalized spacial score (nSPS) is 19.0. The summed E-state index contributed by atoms with van der Waals surface area (Å²) in [7, 11) is 0. The molecular formula is C8H13N3O4. The SMILES string of the molecule is NC(=O)CC(NC(=O)C1(N)CC1)C(=O)O. The number of hydrogen-bond acceptors (Lipinski definition) is 4. The van der Waals surface area contributed by atoms with Crippen molar-refractivity contribution in [3.05, 3.63) is 0 Å². The topological polar surface area (TPSA) is 136 Å². The van der Waals surface area contributed by atoms with Crippen LogP contribution in [0.2, 0.25) is 0 Å². The van der Waals surface area contributed by atoms with Crippen LogP contribution in [0.1, 0.15) is 19.3 Å². The van der Waals surface area contributed by atoms with Crippen LogP contribution in [0.3, 0.4) is 0 Å². The van der Waals surface area contributed by atoms with Gasteiger partial charge in [0.2, 0.25) is 11.8 Å². The Morgan fingerprint density at radius 1 is 1.40 bits per heavy atom. The molecule has 0 radical (unpaired) electrons. The van der Waals surface area contributed by atoms with E-state index in [0.29, 0.717) is 12.8 Å². The lowest BCUT2D eigenvalue weighted by Gasteiger charge is -2.15. The van der Waals surface area contributed by atoms with E-state index in [2.05, 4.69) is 5.32 Å². The fraction of sp³-hybridized carbons (Fsp3) is 0.625. The zero-order valence-corrected chi connectivity index (χ0v) is 8.03. The van der Waals surface area contributed by atoms with Crippen LogP contribution in [-0.4, -0.2) is 34.5 Å². The second-order valence-electron chi connectivity index (χ2n) is 3.69. The van der Waals surface area contributed by atoms with E-state index in [9.17, 15) is 14.4 Å². The molecule has 84 valence electrons. The number of nitrogens with two attached hydrogens (primary N) is 2. The highest BCUT2D eigenvalue weighted by atomic mass is 16.4. The molecule has 6 N–H and O–H groups in total. The number of rotatable bonds is 5. The first kappa shape index (κ1) is 11.4. The quantitative estimate of drug-likeness (QED) is 0.417. The molecule has 0 aromatic heterocycles. The molecule has 0 aliphatic heterocycles. The van der Waals surface area contributed by atoms with Gasteiger partial charge >= 0.3 is 5.97 Å². The number of carbonyl (C=O) groups is 3. The first-order valence-electron chi connectivity index (χ1n) is 4.46. The van der Waals surface area contributed by atoms with Crippen LogP contribution in [0.4, 0.5) is 0 Å². The molecule has 7 heteroatoms. The third-order valence-electron chi connectivity index (χ3n) is 2.25. The zero-order chi connectivity index (χ0) is 11.6. The van der Waals surface area contributed by atoms with Crippen LogP contribution in [0, 0.1) is 0 Å². The minimum absolute atomic E-state index is 0.433. The maximum absolute atomic E-state index is 11.4. The number of carboxylic acids is 1. The van der Waals surface area contributed by atoms with Gasteiger partial charge in [-0.15, -0.1) is 0 Å². The minimum Gasteiger partial charge on any atom is -0.480 e. The molecule has 0 bridgehead atoms. The lowest BCUT2D eigenvalue weighted by molar-refractivity contribution is -0.143. The Bertz CT molecular complexity index is 311. The summed E-state index contributed by atoms with van der Waals surface area (Å²) in [5.41, 5.74) is 9.44. The fourth-order valence-electron chi connectivity index (χ4n) is 1.06. The van der Waals surface area contributed by atoms with Crippen molar-refractivity contribution in [3.8, 4) is 0 Å². The molecule has 0 spiro atoms. The maximum atomic E-state index is 11.4. The molecule has 0 aromatic carbocycles. The Morgan fingerprint density at radius 2 is 1.93 bits per heavy atom. The third kappa shape index (κ3) is 2.91. The van der Waals surface area contributed by atoms with Crippen molar-refractivity contribution in [1.82, 2.24) is 5.32 Å². The molecule has 15 heavy (non-hydrogen) atoms. The van der Waals surface area contributed by atoms with Crippen molar-refractivity contribution in [1.29, 1.82) is 0 Å². The van der Waals surface area contributed by atoms with Crippen molar-refractivity contribution >= 4 is 17.8 Å². The Hall–Kier alpha value is -1.63. The third-order valence-corrected chi connectivity index (χ3v) is 2.25. The molecule has 2 amide bonds. The highest BCUT2D eigenvalue weighted by Crippen LogP contribution is 2.32. The van der Waals surface area contributed by atoms with E-state index >= 15 is 0 Å². The number of hydrogen-bond donors (Lipinski definition) is 4. The summed E-state index contributed by atoms with van der Waals surface area (Å²) >= 11 is 0. The van der Waals surface area contributed by atoms with Crippen LogP contribution < -0.4 is 16.8 Å². The van der Waals surface area contributed by atoms with Crippen molar-refractivity contribution in [2.24, 2.45) is 11.5 Å². The Labute approximate surface area is 85.8 Å². The van der Waals surface area contributed by atoms with Gasteiger partial charge in [-0.2, -0.15) is 0 Å².